The van der Waals surface area contributed by atoms with Gasteiger partial charge in [-0.25, -0.2) is 8.42 Å². The molecule has 5 nitrogen and oxygen atoms in total. The lowest BCUT2D eigenvalue weighted by Gasteiger charge is -2.35. The highest BCUT2D eigenvalue weighted by molar-refractivity contribution is 9.11. The lowest BCUT2D eigenvalue weighted by atomic mass is 10.2. The SMILES string of the molecule is CC1COC(CO)CN1S(=O)(=O)c1ccc(Br)s1. The molecule has 0 aliphatic carbocycles. The van der Waals surface area contributed by atoms with E-state index >= 15 is 0 Å². The number of hydrogen-bond acceptors (Lipinski definition) is 5. The standard InChI is InChI=1S/C10H14BrNO4S2/c1-7-6-16-8(5-13)4-12(7)18(14,15)10-3-2-9(11)17-10/h2-3,7-8,13H,4-6H2,1H3. The van der Waals surface area contributed by atoms with Gasteiger partial charge in [-0.05, 0) is 35.0 Å². The van der Waals surface area contributed by atoms with Crippen LogP contribution >= 0.6 is 27.3 Å². The molecule has 0 radical (unpaired) electrons. The molecule has 1 N–H and O–H groups in total. The van der Waals surface area contributed by atoms with E-state index in [4.69, 9.17) is 9.84 Å². The summed E-state index contributed by atoms with van der Waals surface area (Å²) in [6, 6.07) is 3.07. The molecule has 0 aromatic carbocycles. The van der Waals surface area contributed by atoms with E-state index in [1.54, 1.807) is 19.1 Å². The molecular formula is C10H14BrNO4S2. The van der Waals surface area contributed by atoms with Crippen molar-refractivity contribution in [1.29, 1.82) is 0 Å². The van der Waals surface area contributed by atoms with Crippen molar-refractivity contribution < 1.29 is 18.3 Å². The fourth-order valence-corrected chi connectivity index (χ4v) is 5.58. The number of aliphatic hydroxyl groups excluding tert-OH is 1. The molecule has 102 valence electrons. The first-order chi connectivity index (χ1) is 8.45. The number of halogens is 1. The summed E-state index contributed by atoms with van der Waals surface area (Å²) in [6.07, 6.45) is -0.445. The molecule has 8 heteroatoms. The molecule has 1 saturated heterocycles. The van der Waals surface area contributed by atoms with Crippen LogP contribution in [0.5, 0.6) is 0 Å². The van der Waals surface area contributed by atoms with Crippen LogP contribution in [-0.4, -0.2) is 49.7 Å². The van der Waals surface area contributed by atoms with Gasteiger partial charge in [0, 0.05) is 12.6 Å². The molecule has 2 unspecified atom stereocenters. The second-order valence-corrected chi connectivity index (χ2v) is 8.70. The summed E-state index contributed by atoms with van der Waals surface area (Å²) >= 11 is 4.44. The third kappa shape index (κ3) is 2.78. The molecule has 1 fully saturated rings. The molecule has 2 rings (SSSR count). The van der Waals surface area contributed by atoms with Gasteiger partial charge in [-0.2, -0.15) is 4.31 Å². The van der Waals surface area contributed by atoms with Gasteiger partial charge in [-0.15, -0.1) is 11.3 Å². The van der Waals surface area contributed by atoms with Crippen molar-refractivity contribution in [3.8, 4) is 0 Å². The third-order valence-electron chi connectivity index (χ3n) is 2.76. The molecule has 1 aliphatic heterocycles. The number of ether oxygens (including phenoxy) is 1. The maximum Gasteiger partial charge on any atom is 0.253 e. The van der Waals surface area contributed by atoms with Gasteiger partial charge in [0.1, 0.15) is 4.21 Å². The summed E-state index contributed by atoms with van der Waals surface area (Å²) in [5.41, 5.74) is 0. The Labute approximate surface area is 119 Å². The van der Waals surface area contributed by atoms with Crippen LogP contribution in [-0.2, 0) is 14.8 Å². The predicted octanol–water partition coefficient (Wildman–Crippen LogP) is 1.28. The Morgan fingerprint density at radius 1 is 1.61 bits per heavy atom. The Hall–Kier alpha value is 0.01000. The van der Waals surface area contributed by atoms with E-state index in [2.05, 4.69) is 15.9 Å². The highest BCUT2D eigenvalue weighted by Crippen LogP contribution is 2.30. The summed E-state index contributed by atoms with van der Waals surface area (Å²) < 4.78 is 32.7. The van der Waals surface area contributed by atoms with Gasteiger partial charge in [0.05, 0.1) is 23.1 Å². The van der Waals surface area contributed by atoms with Gasteiger partial charge in [-0.1, -0.05) is 0 Å². The van der Waals surface area contributed by atoms with Crippen molar-refractivity contribution in [2.75, 3.05) is 19.8 Å². The Balaban J connectivity index is 2.28. The number of thiophene rings is 1. The van der Waals surface area contributed by atoms with Crippen LogP contribution in [0.2, 0.25) is 0 Å². The Morgan fingerprint density at radius 3 is 2.89 bits per heavy atom. The average molecular weight is 356 g/mol. The van der Waals surface area contributed by atoms with Crippen LogP contribution < -0.4 is 0 Å². The highest BCUT2D eigenvalue weighted by atomic mass is 79.9. The number of aliphatic hydroxyl groups is 1. The second kappa shape index (κ2) is 5.56. The molecule has 0 bridgehead atoms. The van der Waals surface area contributed by atoms with E-state index in [0.29, 0.717) is 10.8 Å². The zero-order valence-electron chi connectivity index (χ0n) is 9.74. The summed E-state index contributed by atoms with van der Waals surface area (Å²) in [7, 11) is -3.50. The van der Waals surface area contributed by atoms with E-state index in [1.165, 1.54) is 15.6 Å². The van der Waals surface area contributed by atoms with E-state index < -0.39 is 16.1 Å². The molecule has 1 aromatic rings. The molecule has 1 aromatic heterocycles. The first-order valence-electron chi connectivity index (χ1n) is 5.45. The Bertz CT molecular complexity index is 516. The fourth-order valence-electron chi connectivity index (χ4n) is 1.79. The van der Waals surface area contributed by atoms with Gasteiger partial charge in [-0.3, -0.25) is 0 Å². The monoisotopic (exact) mass is 355 g/mol. The van der Waals surface area contributed by atoms with E-state index in [0.717, 1.165) is 3.79 Å². The molecule has 0 saturated carbocycles. The van der Waals surface area contributed by atoms with Gasteiger partial charge >= 0.3 is 0 Å². The minimum atomic E-state index is -3.50. The van der Waals surface area contributed by atoms with Crippen LogP contribution in [0.15, 0.2) is 20.1 Å². The van der Waals surface area contributed by atoms with Crippen molar-refractivity contribution in [3.05, 3.63) is 15.9 Å². The van der Waals surface area contributed by atoms with E-state index in [9.17, 15) is 8.42 Å². The van der Waals surface area contributed by atoms with Gasteiger partial charge < -0.3 is 9.84 Å². The first kappa shape index (κ1) is 14.4. The van der Waals surface area contributed by atoms with Crippen molar-refractivity contribution in [3.63, 3.8) is 0 Å². The van der Waals surface area contributed by atoms with Gasteiger partial charge in [0.15, 0.2) is 0 Å². The van der Waals surface area contributed by atoms with Crippen LogP contribution in [0, 0.1) is 0 Å². The number of morpholine rings is 1. The van der Waals surface area contributed by atoms with Gasteiger partial charge in [0.25, 0.3) is 10.0 Å². The highest BCUT2D eigenvalue weighted by Gasteiger charge is 2.36. The van der Waals surface area contributed by atoms with Crippen LogP contribution in [0.1, 0.15) is 6.92 Å². The summed E-state index contributed by atoms with van der Waals surface area (Å²) in [6.45, 7) is 2.12. The fraction of sp³-hybridized carbons (Fsp3) is 0.600. The van der Waals surface area contributed by atoms with Crippen molar-refractivity contribution >= 4 is 37.3 Å². The smallest absolute Gasteiger partial charge is 0.253 e. The number of hydrogen-bond donors (Lipinski definition) is 1. The van der Waals surface area contributed by atoms with Crippen molar-refractivity contribution in [1.82, 2.24) is 4.31 Å². The van der Waals surface area contributed by atoms with Crippen LogP contribution in [0.4, 0.5) is 0 Å². The molecule has 2 heterocycles. The van der Waals surface area contributed by atoms with E-state index in [-0.39, 0.29) is 19.2 Å². The second-order valence-electron chi connectivity index (χ2n) is 4.12. The maximum atomic E-state index is 12.5. The molecule has 2 atom stereocenters. The molecule has 18 heavy (non-hydrogen) atoms. The van der Waals surface area contributed by atoms with E-state index in [1.807, 2.05) is 0 Å². The largest absolute Gasteiger partial charge is 0.394 e. The van der Waals surface area contributed by atoms with Crippen molar-refractivity contribution in [2.24, 2.45) is 0 Å². The predicted molar refractivity (Wildman–Crippen MR) is 72.2 cm³/mol. The lowest BCUT2D eigenvalue weighted by molar-refractivity contribution is -0.0515. The topological polar surface area (TPSA) is 66.8 Å². The Kier molecular flexibility index (Phi) is 4.45. The first-order valence-corrected chi connectivity index (χ1v) is 8.49. The number of sulfonamides is 1. The summed E-state index contributed by atoms with van der Waals surface area (Å²) in [4.78, 5) is 0. The van der Waals surface area contributed by atoms with Gasteiger partial charge in [0.2, 0.25) is 0 Å². The lowest BCUT2D eigenvalue weighted by Crippen LogP contribution is -2.51. The quantitative estimate of drug-likeness (QED) is 0.886. The Morgan fingerprint density at radius 2 is 2.33 bits per heavy atom. The average Bonchev–Trinajstić information content (AvgIpc) is 2.77. The molecular weight excluding hydrogens is 342 g/mol. The normalized spacial score (nSPS) is 26.4. The van der Waals surface area contributed by atoms with Crippen LogP contribution in [0.25, 0.3) is 0 Å². The molecule has 0 amide bonds. The molecule has 0 spiro atoms. The zero-order chi connectivity index (χ0) is 13.3. The molecule has 1 aliphatic rings. The minimum Gasteiger partial charge on any atom is -0.394 e. The number of nitrogens with zero attached hydrogens (tertiary/aromatic N) is 1. The zero-order valence-corrected chi connectivity index (χ0v) is 13.0. The summed E-state index contributed by atoms with van der Waals surface area (Å²) in [5, 5.41) is 9.08. The van der Waals surface area contributed by atoms with Crippen LogP contribution in [0.3, 0.4) is 0 Å². The minimum absolute atomic E-state index is 0.174. The summed E-state index contributed by atoms with van der Waals surface area (Å²) in [5.74, 6) is 0. The maximum absolute atomic E-state index is 12.5. The van der Waals surface area contributed by atoms with Crippen molar-refractivity contribution in [2.45, 2.75) is 23.3 Å². The third-order valence-corrected chi connectivity index (χ3v) is 6.83. The number of rotatable bonds is 3.